The second-order valence-electron chi connectivity index (χ2n) is 7.62. The highest BCUT2D eigenvalue weighted by atomic mass is 16.3. The van der Waals surface area contributed by atoms with Crippen molar-refractivity contribution in [3.63, 3.8) is 0 Å². The molecule has 0 N–H and O–H groups in total. The Balaban J connectivity index is 1.86. The van der Waals surface area contributed by atoms with Crippen molar-refractivity contribution in [2.45, 2.75) is 13.8 Å². The minimum Gasteiger partial charge on any atom is -0.456 e. The van der Waals surface area contributed by atoms with Gasteiger partial charge in [-0.15, -0.1) is 0 Å². The van der Waals surface area contributed by atoms with E-state index in [1.54, 1.807) is 0 Å². The molecule has 0 atom stereocenters. The lowest BCUT2D eigenvalue weighted by molar-refractivity contribution is 0.669. The number of aromatic nitrogens is 1. The fraction of sp³-hybridized carbons (Fsp3) is 0.0769. The van der Waals surface area contributed by atoms with Crippen LogP contribution in [-0.4, -0.2) is 4.57 Å². The smallest absolute Gasteiger partial charge is 0.136 e. The van der Waals surface area contributed by atoms with Crippen LogP contribution in [0, 0.1) is 13.8 Å². The number of aryl methyl sites for hydroxylation is 2. The molecule has 0 aliphatic heterocycles. The zero-order valence-electron chi connectivity index (χ0n) is 15.9. The number of rotatable bonds is 1. The van der Waals surface area contributed by atoms with E-state index in [9.17, 15) is 0 Å². The lowest BCUT2D eigenvalue weighted by Crippen LogP contribution is -1.93. The highest BCUT2D eigenvalue weighted by Gasteiger charge is 2.18. The molecular formula is C26H19NO. The summed E-state index contributed by atoms with van der Waals surface area (Å²) in [6, 6.07) is 28.2. The van der Waals surface area contributed by atoms with Gasteiger partial charge in [0.15, 0.2) is 0 Å². The molecule has 6 aromatic rings. The zero-order valence-corrected chi connectivity index (χ0v) is 15.9. The Kier molecular flexibility index (Phi) is 3.05. The monoisotopic (exact) mass is 361 g/mol. The van der Waals surface area contributed by atoms with Crippen molar-refractivity contribution >= 4 is 43.7 Å². The molecule has 2 heteroatoms. The molecule has 0 saturated carbocycles. The van der Waals surface area contributed by atoms with Gasteiger partial charge < -0.3 is 8.98 Å². The second-order valence-corrected chi connectivity index (χ2v) is 7.62. The van der Waals surface area contributed by atoms with Crippen molar-refractivity contribution in [3.05, 3.63) is 90.0 Å². The standard InChI is InChI=1S/C26H19NO/c1-16-7-10-18(11-8-16)27-21-6-4-3-5-19(21)25-22(27)13-14-23-26(25)20-12-9-17(2)15-24(20)28-23/h3-15H,1-2H3. The predicted molar refractivity (Wildman–Crippen MR) is 118 cm³/mol. The molecule has 2 nitrogen and oxygen atoms in total. The number of fused-ring (bicyclic) bond motifs is 7. The fourth-order valence-corrected chi connectivity index (χ4v) is 4.40. The summed E-state index contributed by atoms with van der Waals surface area (Å²) in [7, 11) is 0. The quantitative estimate of drug-likeness (QED) is 0.300. The number of furan rings is 1. The summed E-state index contributed by atoms with van der Waals surface area (Å²) < 4.78 is 8.57. The highest BCUT2D eigenvalue weighted by Crippen LogP contribution is 2.41. The van der Waals surface area contributed by atoms with E-state index >= 15 is 0 Å². The number of benzene rings is 4. The van der Waals surface area contributed by atoms with Gasteiger partial charge in [0.05, 0.1) is 11.0 Å². The van der Waals surface area contributed by atoms with Crippen LogP contribution in [0.5, 0.6) is 0 Å². The molecule has 6 rings (SSSR count). The summed E-state index contributed by atoms with van der Waals surface area (Å²) in [5.74, 6) is 0. The first kappa shape index (κ1) is 15.5. The van der Waals surface area contributed by atoms with Crippen LogP contribution in [0.2, 0.25) is 0 Å². The Hall–Kier alpha value is -3.52. The first-order valence-electron chi connectivity index (χ1n) is 9.63. The van der Waals surface area contributed by atoms with Crippen LogP contribution >= 0.6 is 0 Å². The van der Waals surface area contributed by atoms with Crippen LogP contribution in [0.1, 0.15) is 11.1 Å². The molecule has 4 aromatic carbocycles. The molecule has 0 aliphatic rings. The van der Waals surface area contributed by atoms with E-state index in [0.717, 1.165) is 11.2 Å². The summed E-state index contributed by atoms with van der Waals surface area (Å²) >= 11 is 0. The predicted octanol–water partition coefficient (Wildman–Crippen LogP) is 7.30. The maximum atomic E-state index is 6.21. The van der Waals surface area contributed by atoms with Crippen LogP contribution in [0.4, 0.5) is 0 Å². The average molecular weight is 361 g/mol. The van der Waals surface area contributed by atoms with Crippen LogP contribution in [0.3, 0.4) is 0 Å². The fourth-order valence-electron chi connectivity index (χ4n) is 4.40. The van der Waals surface area contributed by atoms with Gasteiger partial charge >= 0.3 is 0 Å². The van der Waals surface area contributed by atoms with Crippen LogP contribution in [-0.2, 0) is 0 Å². The van der Waals surface area contributed by atoms with E-state index in [1.807, 2.05) is 0 Å². The molecule has 0 fully saturated rings. The summed E-state index contributed by atoms with van der Waals surface area (Å²) in [5.41, 5.74) is 7.98. The molecule has 0 unspecified atom stereocenters. The third-order valence-electron chi connectivity index (χ3n) is 5.72. The number of hydrogen-bond donors (Lipinski definition) is 0. The summed E-state index contributed by atoms with van der Waals surface area (Å²) in [4.78, 5) is 0. The zero-order chi connectivity index (χ0) is 18.8. The second kappa shape index (κ2) is 5.49. The normalized spacial score (nSPS) is 11.9. The Morgan fingerprint density at radius 3 is 2.25 bits per heavy atom. The van der Waals surface area contributed by atoms with Crippen molar-refractivity contribution in [2.24, 2.45) is 0 Å². The van der Waals surface area contributed by atoms with Gasteiger partial charge in [0.2, 0.25) is 0 Å². The summed E-state index contributed by atoms with van der Waals surface area (Å²) in [6.45, 7) is 4.23. The van der Waals surface area contributed by atoms with Gasteiger partial charge in [0, 0.05) is 27.2 Å². The molecule has 0 spiro atoms. The molecule has 28 heavy (non-hydrogen) atoms. The lowest BCUT2D eigenvalue weighted by atomic mass is 10.0. The summed E-state index contributed by atoms with van der Waals surface area (Å²) in [6.07, 6.45) is 0. The molecular weight excluding hydrogens is 342 g/mol. The van der Waals surface area contributed by atoms with E-state index in [0.29, 0.717) is 0 Å². The van der Waals surface area contributed by atoms with Gasteiger partial charge in [-0.3, -0.25) is 0 Å². The van der Waals surface area contributed by atoms with Crippen molar-refractivity contribution in [2.75, 3.05) is 0 Å². The number of hydrogen-bond acceptors (Lipinski definition) is 1. The van der Waals surface area contributed by atoms with E-state index in [-0.39, 0.29) is 0 Å². The van der Waals surface area contributed by atoms with Gasteiger partial charge in [-0.25, -0.2) is 0 Å². The topological polar surface area (TPSA) is 18.1 Å². The van der Waals surface area contributed by atoms with E-state index < -0.39 is 0 Å². The van der Waals surface area contributed by atoms with Crippen LogP contribution in [0.25, 0.3) is 49.4 Å². The van der Waals surface area contributed by atoms with Crippen molar-refractivity contribution in [1.29, 1.82) is 0 Å². The molecule has 0 bridgehead atoms. The Labute approximate surface area is 162 Å². The molecule has 0 amide bonds. The van der Waals surface area contributed by atoms with Crippen LogP contribution in [0.15, 0.2) is 83.3 Å². The SMILES string of the molecule is Cc1ccc(-n2c3ccccc3c3c4c(ccc32)oc2cc(C)ccc24)cc1. The molecule has 2 heterocycles. The van der Waals surface area contributed by atoms with Gasteiger partial charge in [-0.2, -0.15) is 0 Å². The molecule has 0 radical (unpaired) electrons. The Morgan fingerprint density at radius 2 is 1.39 bits per heavy atom. The molecule has 0 aliphatic carbocycles. The number of nitrogens with zero attached hydrogens (tertiary/aromatic N) is 1. The minimum absolute atomic E-state index is 0.944. The minimum atomic E-state index is 0.944. The lowest BCUT2D eigenvalue weighted by Gasteiger charge is -2.08. The Morgan fingerprint density at radius 1 is 0.607 bits per heavy atom. The molecule has 0 saturated heterocycles. The van der Waals surface area contributed by atoms with E-state index in [4.69, 9.17) is 4.42 Å². The largest absolute Gasteiger partial charge is 0.456 e. The van der Waals surface area contributed by atoms with Gasteiger partial charge in [0.1, 0.15) is 11.2 Å². The van der Waals surface area contributed by atoms with Gasteiger partial charge in [-0.05, 0) is 55.8 Å². The first-order valence-corrected chi connectivity index (χ1v) is 9.63. The summed E-state index contributed by atoms with van der Waals surface area (Å²) in [5, 5.41) is 4.90. The highest BCUT2D eigenvalue weighted by molar-refractivity contribution is 6.27. The molecule has 2 aromatic heterocycles. The average Bonchev–Trinajstić information content (AvgIpc) is 3.23. The van der Waals surface area contributed by atoms with Crippen molar-refractivity contribution in [1.82, 2.24) is 4.57 Å². The number of para-hydroxylation sites is 1. The van der Waals surface area contributed by atoms with Gasteiger partial charge in [0.25, 0.3) is 0 Å². The van der Waals surface area contributed by atoms with E-state index in [1.165, 1.54) is 49.4 Å². The maximum absolute atomic E-state index is 6.21. The first-order chi connectivity index (χ1) is 13.7. The third kappa shape index (κ3) is 2.03. The van der Waals surface area contributed by atoms with Gasteiger partial charge in [-0.1, -0.05) is 48.0 Å². The van der Waals surface area contributed by atoms with Crippen LogP contribution < -0.4 is 0 Å². The van der Waals surface area contributed by atoms with Crippen molar-refractivity contribution < 1.29 is 4.42 Å². The van der Waals surface area contributed by atoms with Crippen molar-refractivity contribution in [3.8, 4) is 5.69 Å². The molecule has 134 valence electrons. The Bertz CT molecular complexity index is 1510. The third-order valence-corrected chi connectivity index (χ3v) is 5.72. The van der Waals surface area contributed by atoms with E-state index in [2.05, 4.69) is 97.3 Å². The maximum Gasteiger partial charge on any atom is 0.136 e.